The second-order valence-corrected chi connectivity index (χ2v) is 5.53. The van der Waals surface area contributed by atoms with Crippen molar-refractivity contribution in [2.45, 2.75) is 64.6 Å². The van der Waals surface area contributed by atoms with Crippen molar-refractivity contribution in [2.24, 2.45) is 5.92 Å². The molecule has 0 aliphatic heterocycles. The quantitative estimate of drug-likeness (QED) is 0.675. The molecule has 100 valence electrons. The second-order valence-electron chi connectivity index (χ2n) is 5.53. The summed E-state index contributed by atoms with van der Waals surface area (Å²) in [5, 5.41) is 15.7. The average Bonchev–Trinajstić information content (AvgIpc) is 2.28. The van der Waals surface area contributed by atoms with Crippen LogP contribution in [0.3, 0.4) is 0 Å². The van der Waals surface area contributed by atoms with Crippen LogP contribution in [0.2, 0.25) is 0 Å². The maximum Gasteiger partial charge on any atom is 0.236 e. The van der Waals surface area contributed by atoms with Gasteiger partial charge in [0.25, 0.3) is 0 Å². The topological polar surface area (TPSA) is 61.4 Å². The summed E-state index contributed by atoms with van der Waals surface area (Å²) in [5.41, 5.74) is 0. The number of carbonyl (C=O) groups is 1. The molecule has 4 nitrogen and oxygen atoms in total. The van der Waals surface area contributed by atoms with Crippen molar-refractivity contribution < 1.29 is 9.90 Å². The van der Waals surface area contributed by atoms with E-state index in [0.717, 1.165) is 32.2 Å². The number of amides is 1. The van der Waals surface area contributed by atoms with Crippen molar-refractivity contribution in [1.29, 1.82) is 0 Å². The molecule has 0 bridgehead atoms. The van der Waals surface area contributed by atoms with Crippen LogP contribution in [0.4, 0.5) is 0 Å². The fourth-order valence-corrected chi connectivity index (χ4v) is 2.13. The predicted octanol–water partition coefficient (Wildman–Crippen LogP) is 1.04. The summed E-state index contributed by atoms with van der Waals surface area (Å²) in [6.07, 6.45) is 3.47. The Morgan fingerprint density at radius 1 is 1.24 bits per heavy atom. The molecule has 0 aromatic rings. The number of aliphatic hydroxyl groups excluding tert-OH is 1. The van der Waals surface area contributed by atoms with E-state index < -0.39 is 0 Å². The van der Waals surface area contributed by atoms with Crippen molar-refractivity contribution in [3.63, 3.8) is 0 Å². The zero-order chi connectivity index (χ0) is 12.8. The smallest absolute Gasteiger partial charge is 0.236 e. The molecule has 1 aliphatic carbocycles. The minimum atomic E-state index is -0.144. The third-order valence-corrected chi connectivity index (χ3v) is 3.26. The van der Waals surface area contributed by atoms with Crippen molar-refractivity contribution in [3.05, 3.63) is 0 Å². The van der Waals surface area contributed by atoms with Gasteiger partial charge in [-0.05, 0) is 38.5 Å². The van der Waals surface area contributed by atoms with Gasteiger partial charge in [-0.1, -0.05) is 13.8 Å². The third kappa shape index (κ3) is 5.50. The predicted molar refractivity (Wildman–Crippen MR) is 68.7 cm³/mol. The molecular weight excluding hydrogens is 216 g/mol. The Morgan fingerprint density at radius 3 is 2.35 bits per heavy atom. The first-order valence-electron chi connectivity index (χ1n) is 6.71. The molecule has 0 saturated heterocycles. The Hall–Kier alpha value is -0.610. The van der Waals surface area contributed by atoms with Crippen LogP contribution in [0.15, 0.2) is 0 Å². The SMILES string of the molecule is CC(C)CNC(=O)C(C)NC1CCC(O)CC1. The van der Waals surface area contributed by atoms with E-state index in [4.69, 9.17) is 0 Å². The minimum Gasteiger partial charge on any atom is -0.393 e. The lowest BCUT2D eigenvalue weighted by Crippen LogP contribution is -2.48. The van der Waals surface area contributed by atoms with E-state index >= 15 is 0 Å². The summed E-state index contributed by atoms with van der Waals surface area (Å²) in [7, 11) is 0. The summed E-state index contributed by atoms with van der Waals surface area (Å²) in [6, 6.07) is 0.229. The van der Waals surface area contributed by atoms with Gasteiger partial charge in [0.05, 0.1) is 12.1 Å². The molecular formula is C13H26N2O2. The van der Waals surface area contributed by atoms with Gasteiger partial charge in [-0.2, -0.15) is 0 Å². The first-order chi connectivity index (χ1) is 7.99. The Morgan fingerprint density at radius 2 is 1.82 bits per heavy atom. The maximum atomic E-state index is 11.8. The number of hydrogen-bond acceptors (Lipinski definition) is 3. The van der Waals surface area contributed by atoms with Crippen LogP contribution in [0.1, 0.15) is 46.5 Å². The van der Waals surface area contributed by atoms with Crippen LogP contribution in [0, 0.1) is 5.92 Å². The molecule has 1 fully saturated rings. The van der Waals surface area contributed by atoms with Gasteiger partial charge in [0.2, 0.25) is 5.91 Å². The highest BCUT2D eigenvalue weighted by Crippen LogP contribution is 2.18. The first kappa shape index (κ1) is 14.5. The highest BCUT2D eigenvalue weighted by molar-refractivity contribution is 5.81. The van der Waals surface area contributed by atoms with Gasteiger partial charge in [0.1, 0.15) is 0 Å². The van der Waals surface area contributed by atoms with Gasteiger partial charge in [-0.15, -0.1) is 0 Å². The fraction of sp³-hybridized carbons (Fsp3) is 0.923. The highest BCUT2D eigenvalue weighted by Gasteiger charge is 2.22. The lowest BCUT2D eigenvalue weighted by Gasteiger charge is -2.28. The molecule has 1 aliphatic rings. The molecule has 1 amide bonds. The summed E-state index contributed by atoms with van der Waals surface area (Å²) >= 11 is 0. The number of hydrogen-bond donors (Lipinski definition) is 3. The Bertz CT molecular complexity index is 236. The van der Waals surface area contributed by atoms with Gasteiger partial charge in [0, 0.05) is 12.6 Å². The Balaban J connectivity index is 2.23. The van der Waals surface area contributed by atoms with Crippen molar-refractivity contribution in [1.82, 2.24) is 10.6 Å². The van der Waals surface area contributed by atoms with E-state index in [0.29, 0.717) is 12.0 Å². The van der Waals surface area contributed by atoms with Gasteiger partial charge in [0.15, 0.2) is 0 Å². The zero-order valence-electron chi connectivity index (χ0n) is 11.2. The fourth-order valence-electron chi connectivity index (χ4n) is 2.13. The number of aliphatic hydroxyl groups is 1. The van der Waals surface area contributed by atoms with Crippen molar-refractivity contribution >= 4 is 5.91 Å². The average molecular weight is 242 g/mol. The third-order valence-electron chi connectivity index (χ3n) is 3.26. The van der Waals surface area contributed by atoms with Crippen LogP contribution >= 0.6 is 0 Å². The number of nitrogens with one attached hydrogen (secondary N) is 2. The molecule has 4 heteroatoms. The summed E-state index contributed by atoms with van der Waals surface area (Å²) in [5.74, 6) is 0.556. The lowest BCUT2D eigenvalue weighted by atomic mass is 9.92. The second kappa shape index (κ2) is 6.97. The standard InChI is InChI=1S/C13H26N2O2/c1-9(2)8-14-13(17)10(3)15-11-4-6-12(16)7-5-11/h9-12,15-16H,4-8H2,1-3H3,(H,14,17). The van der Waals surface area contributed by atoms with E-state index in [1.807, 2.05) is 6.92 Å². The summed E-state index contributed by atoms with van der Waals surface area (Å²) in [4.78, 5) is 11.8. The molecule has 0 aromatic heterocycles. The van der Waals surface area contributed by atoms with E-state index in [-0.39, 0.29) is 18.1 Å². The largest absolute Gasteiger partial charge is 0.393 e. The molecule has 17 heavy (non-hydrogen) atoms. The van der Waals surface area contributed by atoms with Crippen LogP contribution in [-0.2, 0) is 4.79 Å². The van der Waals surface area contributed by atoms with Crippen molar-refractivity contribution in [2.75, 3.05) is 6.54 Å². The normalized spacial score (nSPS) is 26.9. The molecule has 0 aromatic carbocycles. The van der Waals surface area contributed by atoms with Crippen LogP contribution in [0.5, 0.6) is 0 Å². The zero-order valence-corrected chi connectivity index (χ0v) is 11.2. The van der Waals surface area contributed by atoms with Crippen LogP contribution < -0.4 is 10.6 Å². The molecule has 0 spiro atoms. The summed E-state index contributed by atoms with van der Waals surface area (Å²) < 4.78 is 0. The van der Waals surface area contributed by atoms with Crippen LogP contribution in [0.25, 0.3) is 0 Å². The lowest BCUT2D eigenvalue weighted by molar-refractivity contribution is -0.123. The van der Waals surface area contributed by atoms with E-state index in [1.54, 1.807) is 0 Å². The van der Waals surface area contributed by atoms with E-state index in [1.165, 1.54) is 0 Å². The molecule has 0 radical (unpaired) electrons. The molecule has 1 unspecified atom stereocenters. The minimum absolute atomic E-state index is 0.0739. The van der Waals surface area contributed by atoms with Crippen molar-refractivity contribution in [3.8, 4) is 0 Å². The molecule has 1 rings (SSSR count). The maximum absolute atomic E-state index is 11.8. The molecule has 3 N–H and O–H groups in total. The number of rotatable bonds is 5. The first-order valence-corrected chi connectivity index (χ1v) is 6.71. The van der Waals surface area contributed by atoms with E-state index in [2.05, 4.69) is 24.5 Å². The Labute approximate surface area is 104 Å². The highest BCUT2D eigenvalue weighted by atomic mass is 16.3. The Kier molecular flexibility index (Phi) is 5.92. The van der Waals surface area contributed by atoms with Gasteiger partial charge < -0.3 is 15.7 Å². The number of carbonyl (C=O) groups excluding carboxylic acids is 1. The monoisotopic (exact) mass is 242 g/mol. The molecule has 0 heterocycles. The van der Waals surface area contributed by atoms with Crippen LogP contribution in [-0.4, -0.2) is 35.7 Å². The summed E-state index contributed by atoms with van der Waals surface area (Å²) in [6.45, 7) is 6.80. The molecule has 1 atom stereocenters. The molecule has 1 saturated carbocycles. The van der Waals surface area contributed by atoms with E-state index in [9.17, 15) is 9.90 Å². The van der Waals surface area contributed by atoms with Gasteiger partial charge in [-0.3, -0.25) is 4.79 Å². The van der Waals surface area contributed by atoms with Gasteiger partial charge in [-0.25, -0.2) is 0 Å². The van der Waals surface area contributed by atoms with Gasteiger partial charge >= 0.3 is 0 Å².